The summed E-state index contributed by atoms with van der Waals surface area (Å²) >= 11 is 0. The summed E-state index contributed by atoms with van der Waals surface area (Å²) in [5.74, 6) is 0.104. The Morgan fingerprint density at radius 2 is 1.50 bits per heavy atom. The molecule has 2 unspecified atom stereocenters. The summed E-state index contributed by atoms with van der Waals surface area (Å²) in [5, 5.41) is 2.14. The quantitative estimate of drug-likeness (QED) is 0.170. The van der Waals surface area contributed by atoms with Crippen LogP contribution in [0.15, 0.2) is 108 Å². The number of aryl methyl sites for hydroxylation is 5. The average molecular weight is 626 g/mol. The van der Waals surface area contributed by atoms with Gasteiger partial charge in [0.25, 0.3) is 0 Å². The molecule has 7 aromatic rings. The predicted octanol–water partition coefficient (Wildman–Crippen LogP) is 9.85. The minimum absolute atomic E-state index is 0.104. The number of rotatable bonds is 1. The SMILES string of the molecule is C=C1C2c3ccccc3-c3ccc(C)c[n+]3C2CCc2ccc3c(oc4nc(-c5c(C)cccc5C)ccc43)c2-c2ccc(C)c(C)[n+]21. The minimum Gasteiger partial charge on any atom is -0.437 e. The van der Waals surface area contributed by atoms with E-state index >= 15 is 0 Å². The maximum Gasteiger partial charge on any atom is 0.227 e. The maximum atomic E-state index is 6.88. The van der Waals surface area contributed by atoms with Crippen LogP contribution in [-0.2, 0) is 6.42 Å². The molecule has 4 nitrogen and oxygen atoms in total. The average Bonchev–Trinajstić information content (AvgIpc) is 3.47. The van der Waals surface area contributed by atoms with Crippen LogP contribution in [0.1, 0.15) is 57.5 Å². The van der Waals surface area contributed by atoms with Crippen molar-refractivity contribution in [2.75, 3.05) is 0 Å². The van der Waals surface area contributed by atoms with Crippen LogP contribution in [-0.4, -0.2) is 4.98 Å². The van der Waals surface area contributed by atoms with E-state index < -0.39 is 0 Å². The summed E-state index contributed by atoms with van der Waals surface area (Å²) in [5.41, 5.74) is 18.4. The van der Waals surface area contributed by atoms with Gasteiger partial charge in [-0.05, 0) is 93.3 Å². The Hall–Kier alpha value is -5.35. The third kappa shape index (κ3) is 4.11. The summed E-state index contributed by atoms with van der Waals surface area (Å²) < 4.78 is 11.8. The van der Waals surface area contributed by atoms with Crippen LogP contribution < -0.4 is 9.13 Å². The summed E-state index contributed by atoms with van der Waals surface area (Å²) in [4.78, 5) is 5.14. The predicted molar refractivity (Wildman–Crippen MR) is 194 cm³/mol. The Morgan fingerprint density at radius 1 is 0.729 bits per heavy atom. The number of allylic oxidation sites excluding steroid dienone is 1. The highest BCUT2D eigenvalue weighted by atomic mass is 16.3. The number of hydrogen-bond donors (Lipinski definition) is 0. The highest BCUT2D eigenvalue weighted by molar-refractivity contribution is 6.09. The molecule has 4 aromatic heterocycles. The Morgan fingerprint density at radius 3 is 2.33 bits per heavy atom. The third-order valence-corrected chi connectivity index (χ3v) is 11.0. The summed E-state index contributed by atoms with van der Waals surface area (Å²) in [6.45, 7) is 15.9. The number of aromatic nitrogens is 3. The standard InChI is InChI=1S/C44H39N3O/c1-25-14-21-37-32-12-7-8-13-33(32)41-30(6)47-29(5)26(2)15-22-39(47)42-31(17-23-38(41)46(37)24-25)16-18-34-35-19-20-36(45-44(35)48-43(34)42)40-27(3)10-9-11-28(40)4/h7-16,18-22,24,38,41H,6,17,23H2,1-5H3/q+2. The number of furan rings is 1. The van der Waals surface area contributed by atoms with Crippen molar-refractivity contribution < 1.29 is 13.6 Å². The zero-order chi connectivity index (χ0) is 32.8. The molecule has 0 aliphatic carbocycles. The number of benzene rings is 3. The third-order valence-electron chi connectivity index (χ3n) is 11.0. The van der Waals surface area contributed by atoms with Gasteiger partial charge in [-0.2, -0.15) is 9.13 Å². The normalized spacial score (nSPS) is 16.7. The molecular weight excluding hydrogens is 587 g/mol. The highest BCUT2D eigenvalue weighted by Gasteiger charge is 2.47. The zero-order valence-electron chi connectivity index (χ0n) is 28.3. The van der Waals surface area contributed by atoms with Crippen molar-refractivity contribution in [3.8, 4) is 33.8 Å². The van der Waals surface area contributed by atoms with Crippen molar-refractivity contribution in [2.45, 2.75) is 59.4 Å². The Labute approximate surface area is 281 Å². The van der Waals surface area contributed by atoms with E-state index in [1.807, 2.05) is 0 Å². The highest BCUT2D eigenvalue weighted by Crippen LogP contribution is 2.47. The van der Waals surface area contributed by atoms with E-state index in [1.165, 1.54) is 55.9 Å². The first-order valence-electron chi connectivity index (χ1n) is 17.0. The number of hydrogen-bond acceptors (Lipinski definition) is 2. The van der Waals surface area contributed by atoms with Gasteiger partial charge < -0.3 is 4.42 Å². The largest absolute Gasteiger partial charge is 0.437 e. The van der Waals surface area contributed by atoms with Gasteiger partial charge in [0.15, 0.2) is 29.2 Å². The lowest BCUT2D eigenvalue weighted by Gasteiger charge is -2.29. The molecule has 0 spiro atoms. The van der Waals surface area contributed by atoms with Crippen molar-refractivity contribution in [1.82, 2.24) is 4.98 Å². The minimum atomic E-state index is 0.104. The molecule has 0 amide bonds. The van der Waals surface area contributed by atoms with Gasteiger partial charge in [0, 0.05) is 52.9 Å². The monoisotopic (exact) mass is 625 g/mol. The summed E-state index contributed by atoms with van der Waals surface area (Å²) in [7, 11) is 0. The maximum absolute atomic E-state index is 6.88. The lowest BCUT2D eigenvalue weighted by Crippen LogP contribution is -2.51. The van der Waals surface area contributed by atoms with Crippen molar-refractivity contribution in [1.29, 1.82) is 0 Å². The van der Waals surface area contributed by atoms with Crippen LogP contribution in [0.2, 0.25) is 0 Å². The van der Waals surface area contributed by atoms with Crippen LogP contribution in [0.4, 0.5) is 0 Å². The molecular formula is C44H39N3O+2. The van der Waals surface area contributed by atoms with Crippen LogP contribution in [0.5, 0.6) is 0 Å². The molecule has 9 rings (SSSR count). The van der Waals surface area contributed by atoms with Crippen LogP contribution in [0.25, 0.3) is 61.5 Å². The van der Waals surface area contributed by atoms with E-state index in [9.17, 15) is 0 Å². The van der Waals surface area contributed by atoms with Crippen LogP contribution in [0, 0.1) is 34.6 Å². The fourth-order valence-corrected chi connectivity index (χ4v) is 8.58. The van der Waals surface area contributed by atoms with Crippen LogP contribution >= 0.6 is 0 Å². The van der Waals surface area contributed by atoms with E-state index in [0.717, 1.165) is 51.8 Å². The van der Waals surface area contributed by atoms with E-state index in [1.54, 1.807) is 0 Å². The molecule has 234 valence electrons. The molecule has 0 saturated carbocycles. The molecule has 2 atom stereocenters. The Bertz CT molecular complexity index is 2480. The second kappa shape index (κ2) is 10.6. The molecule has 0 fully saturated rings. The fourth-order valence-electron chi connectivity index (χ4n) is 8.58. The van der Waals surface area contributed by atoms with Gasteiger partial charge in [-0.1, -0.05) is 48.5 Å². The van der Waals surface area contributed by atoms with Crippen molar-refractivity contribution >= 4 is 27.8 Å². The van der Waals surface area contributed by atoms with Crippen molar-refractivity contribution in [3.63, 3.8) is 0 Å². The van der Waals surface area contributed by atoms with E-state index in [0.29, 0.717) is 5.71 Å². The van der Waals surface area contributed by atoms with Gasteiger partial charge in [-0.15, -0.1) is 0 Å². The van der Waals surface area contributed by atoms with Crippen molar-refractivity contribution in [3.05, 3.63) is 143 Å². The number of fused-ring (bicyclic) bond motifs is 13. The van der Waals surface area contributed by atoms with Crippen LogP contribution in [0.3, 0.4) is 0 Å². The zero-order valence-corrected chi connectivity index (χ0v) is 28.3. The first kappa shape index (κ1) is 28.8. The van der Waals surface area contributed by atoms with E-state index in [-0.39, 0.29) is 12.0 Å². The smallest absolute Gasteiger partial charge is 0.227 e. The van der Waals surface area contributed by atoms with Gasteiger partial charge in [0.1, 0.15) is 5.92 Å². The van der Waals surface area contributed by atoms with Gasteiger partial charge in [0.2, 0.25) is 17.1 Å². The second-order valence-electron chi connectivity index (χ2n) is 13.9. The Balaban J connectivity index is 1.32. The molecule has 0 radical (unpaired) electrons. The molecule has 2 aliphatic rings. The molecule has 2 aliphatic heterocycles. The van der Waals surface area contributed by atoms with Gasteiger partial charge in [0.05, 0.1) is 16.8 Å². The first-order valence-corrected chi connectivity index (χ1v) is 17.0. The van der Waals surface area contributed by atoms with E-state index in [4.69, 9.17) is 16.0 Å². The molecule has 6 heterocycles. The fraction of sp³-hybridized carbons (Fsp3) is 0.205. The lowest BCUT2D eigenvalue weighted by molar-refractivity contribution is -0.720. The van der Waals surface area contributed by atoms with E-state index in [2.05, 4.69) is 141 Å². The summed E-state index contributed by atoms with van der Waals surface area (Å²) in [6, 6.07) is 33.5. The van der Waals surface area contributed by atoms with Gasteiger partial charge in [-0.25, -0.2) is 4.98 Å². The molecule has 0 bridgehead atoms. The number of pyridine rings is 3. The number of nitrogens with zero attached hydrogens (tertiary/aromatic N) is 3. The van der Waals surface area contributed by atoms with Gasteiger partial charge in [-0.3, -0.25) is 0 Å². The summed E-state index contributed by atoms with van der Waals surface area (Å²) in [6.07, 6.45) is 4.22. The van der Waals surface area contributed by atoms with Gasteiger partial charge >= 0.3 is 0 Å². The lowest BCUT2D eigenvalue weighted by atomic mass is 9.79. The molecule has 0 saturated heterocycles. The first-order chi connectivity index (χ1) is 23.3. The molecule has 3 aromatic carbocycles. The molecule has 4 heteroatoms. The molecule has 0 N–H and O–H groups in total. The van der Waals surface area contributed by atoms with Crippen molar-refractivity contribution in [2.24, 2.45) is 0 Å². The Kier molecular flexibility index (Phi) is 6.36. The second-order valence-corrected chi connectivity index (χ2v) is 13.9. The topological polar surface area (TPSA) is 33.8 Å². The molecule has 48 heavy (non-hydrogen) atoms.